The summed E-state index contributed by atoms with van der Waals surface area (Å²) in [5.74, 6) is -0.439. The molecule has 0 aliphatic heterocycles. The lowest BCUT2D eigenvalue weighted by atomic mass is 10.1. The van der Waals surface area contributed by atoms with Crippen LogP contribution in [0, 0.1) is 5.39 Å². The van der Waals surface area contributed by atoms with Crippen LogP contribution in [-0.2, 0) is 20.3 Å². The smallest absolute Gasteiger partial charge is 0.378 e. The van der Waals surface area contributed by atoms with Crippen molar-refractivity contribution in [3.8, 4) is 5.75 Å². The Labute approximate surface area is 105 Å². The van der Waals surface area contributed by atoms with Gasteiger partial charge in [-0.05, 0) is 23.3 Å². The number of diazo groups is 1. The molecule has 0 aliphatic rings. The highest BCUT2D eigenvalue weighted by atomic mass is 32.2. The monoisotopic (exact) mass is 264 g/mol. The Hall–Kier alpha value is -2.01. The molecular weight excluding hydrogens is 256 g/mol. The van der Waals surface area contributed by atoms with E-state index < -0.39 is 16.8 Å². The fourth-order valence-corrected chi connectivity index (χ4v) is 2.36. The SMILES string of the molecule is COOS(=O)c1cccc2c([O-])c([N+]#N)ccc12. The van der Waals surface area contributed by atoms with E-state index in [-0.39, 0.29) is 5.69 Å². The van der Waals surface area contributed by atoms with Crippen LogP contribution in [0.4, 0.5) is 5.69 Å². The van der Waals surface area contributed by atoms with Gasteiger partial charge in [0.05, 0.1) is 12.0 Å². The Kier molecular flexibility index (Phi) is 3.53. The Balaban J connectivity index is 2.69. The number of nitrogens with zero attached hydrogens (tertiary/aromatic N) is 2. The van der Waals surface area contributed by atoms with Gasteiger partial charge in [-0.1, -0.05) is 12.1 Å². The molecule has 7 heteroatoms. The Morgan fingerprint density at radius 3 is 2.72 bits per heavy atom. The molecule has 0 amide bonds. The molecule has 2 rings (SSSR count). The Morgan fingerprint density at radius 1 is 1.28 bits per heavy atom. The summed E-state index contributed by atoms with van der Waals surface area (Å²) < 4.78 is 16.2. The van der Waals surface area contributed by atoms with Crippen LogP contribution in [0.1, 0.15) is 0 Å². The van der Waals surface area contributed by atoms with Crippen molar-refractivity contribution in [2.45, 2.75) is 4.90 Å². The highest BCUT2D eigenvalue weighted by Gasteiger charge is 2.14. The number of benzene rings is 2. The second kappa shape index (κ2) is 5.10. The van der Waals surface area contributed by atoms with Gasteiger partial charge in [-0.15, -0.1) is 4.33 Å². The minimum absolute atomic E-state index is 0.0712. The van der Waals surface area contributed by atoms with Crippen LogP contribution in [0.2, 0.25) is 0 Å². The molecule has 0 aromatic heterocycles. The van der Waals surface area contributed by atoms with Gasteiger partial charge in [0, 0.05) is 11.5 Å². The molecule has 1 atom stereocenters. The molecule has 0 saturated carbocycles. The maximum Gasteiger partial charge on any atom is 0.378 e. The zero-order valence-corrected chi connectivity index (χ0v) is 10.1. The number of hydrogen-bond donors (Lipinski definition) is 0. The summed E-state index contributed by atoms with van der Waals surface area (Å²) in [5.41, 5.74) is -0.0712. The molecule has 0 fully saturated rings. The third-order valence-corrected chi connectivity index (χ3v) is 3.34. The van der Waals surface area contributed by atoms with Crippen molar-refractivity contribution >= 4 is 27.5 Å². The summed E-state index contributed by atoms with van der Waals surface area (Å²) in [7, 11) is 1.24. The predicted molar refractivity (Wildman–Crippen MR) is 62.6 cm³/mol. The molecule has 92 valence electrons. The second-order valence-corrected chi connectivity index (χ2v) is 4.38. The summed E-state index contributed by atoms with van der Waals surface area (Å²) in [6.07, 6.45) is 0. The number of rotatable bonds is 3. The van der Waals surface area contributed by atoms with Gasteiger partial charge in [0.15, 0.2) is 4.98 Å². The molecule has 2 aromatic carbocycles. The van der Waals surface area contributed by atoms with E-state index in [0.717, 1.165) is 0 Å². The molecule has 0 radical (unpaired) electrons. The second-order valence-electron chi connectivity index (χ2n) is 3.33. The third-order valence-electron chi connectivity index (χ3n) is 2.37. The summed E-state index contributed by atoms with van der Waals surface area (Å²) in [5, 5.41) is 21.3. The quantitative estimate of drug-likeness (QED) is 0.480. The third kappa shape index (κ3) is 2.04. The lowest BCUT2D eigenvalue weighted by molar-refractivity contribution is -0.264. The number of hydrogen-bond acceptors (Lipinski definition) is 5. The minimum atomic E-state index is -1.83. The van der Waals surface area contributed by atoms with Crippen molar-refractivity contribution in [1.29, 1.82) is 5.39 Å². The first-order chi connectivity index (χ1) is 8.69. The van der Waals surface area contributed by atoms with Crippen molar-refractivity contribution in [2.24, 2.45) is 0 Å². The number of fused-ring (bicyclic) bond motifs is 1. The van der Waals surface area contributed by atoms with Gasteiger partial charge in [-0.2, -0.15) is 0 Å². The Morgan fingerprint density at radius 2 is 2.06 bits per heavy atom. The van der Waals surface area contributed by atoms with Gasteiger partial charge < -0.3 is 5.11 Å². The van der Waals surface area contributed by atoms with Gasteiger partial charge in [0.2, 0.25) is 16.5 Å². The van der Waals surface area contributed by atoms with Gasteiger partial charge in [0.1, 0.15) is 0 Å². The maximum absolute atomic E-state index is 11.9. The lowest BCUT2D eigenvalue weighted by Gasteiger charge is -2.09. The molecule has 6 nitrogen and oxygen atoms in total. The lowest BCUT2D eigenvalue weighted by Crippen LogP contribution is -1.99. The van der Waals surface area contributed by atoms with Gasteiger partial charge >= 0.3 is 5.69 Å². The van der Waals surface area contributed by atoms with Crippen LogP contribution in [0.3, 0.4) is 0 Å². The van der Waals surface area contributed by atoms with E-state index in [4.69, 9.17) is 5.39 Å². The van der Waals surface area contributed by atoms with E-state index in [1.807, 2.05) is 0 Å². The summed E-state index contributed by atoms with van der Waals surface area (Å²) in [4.78, 5) is 7.55. The van der Waals surface area contributed by atoms with E-state index in [9.17, 15) is 9.32 Å². The Bertz CT molecular complexity index is 666. The van der Waals surface area contributed by atoms with Crippen molar-refractivity contribution in [2.75, 3.05) is 7.11 Å². The van der Waals surface area contributed by atoms with E-state index in [2.05, 4.69) is 14.2 Å². The molecule has 0 saturated heterocycles. The van der Waals surface area contributed by atoms with Crippen LogP contribution in [0.15, 0.2) is 35.2 Å². The van der Waals surface area contributed by atoms with E-state index in [1.165, 1.54) is 19.2 Å². The first kappa shape index (κ1) is 12.4. The molecule has 2 aromatic rings. The zero-order valence-electron chi connectivity index (χ0n) is 9.32. The van der Waals surface area contributed by atoms with Gasteiger partial charge in [-0.3, -0.25) is 0 Å². The molecule has 0 spiro atoms. The zero-order chi connectivity index (χ0) is 13.1. The largest absolute Gasteiger partial charge is 0.867 e. The van der Waals surface area contributed by atoms with E-state index in [0.29, 0.717) is 15.7 Å². The van der Waals surface area contributed by atoms with Gasteiger partial charge in [0.25, 0.3) is 0 Å². The van der Waals surface area contributed by atoms with Crippen molar-refractivity contribution in [3.05, 3.63) is 35.3 Å². The molecule has 0 aliphatic carbocycles. The predicted octanol–water partition coefficient (Wildman–Crippen LogP) is 2.00. The molecule has 1 unspecified atom stereocenters. The van der Waals surface area contributed by atoms with Crippen LogP contribution in [0.5, 0.6) is 5.75 Å². The fourth-order valence-electron chi connectivity index (χ4n) is 1.61. The van der Waals surface area contributed by atoms with Gasteiger partial charge in [-0.25, -0.2) is 9.10 Å². The summed E-state index contributed by atoms with van der Waals surface area (Å²) in [6, 6.07) is 7.57. The first-order valence-corrected chi connectivity index (χ1v) is 5.97. The maximum atomic E-state index is 11.9. The molecular formula is C11H8N2O4S. The topological polar surface area (TPSA) is 86.7 Å². The standard InChI is InChI=1S/C11H8N2O4S/c1-16-17-18(15)10-4-2-3-8-7(10)5-6-9(13-12)11(8)14/h2-6H,1H3. The van der Waals surface area contributed by atoms with E-state index >= 15 is 0 Å². The van der Waals surface area contributed by atoms with Crippen LogP contribution < -0.4 is 5.11 Å². The van der Waals surface area contributed by atoms with Crippen LogP contribution >= 0.6 is 0 Å². The highest BCUT2D eigenvalue weighted by molar-refractivity contribution is 7.80. The highest BCUT2D eigenvalue weighted by Crippen LogP contribution is 2.34. The fraction of sp³-hybridized carbons (Fsp3) is 0.0909. The summed E-state index contributed by atoms with van der Waals surface area (Å²) >= 11 is -1.83. The molecule has 0 N–H and O–H groups in total. The van der Waals surface area contributed by atoms with Crippen molar-refractivity contribution < 1.29 is 18.5 Å². The minimum Gasteiger partial charge on any atom is -0.867 e. The average Bonchev–Trinajstić information content (AvgIpc) is 2.39. The van der Waals surface area contributed by atoms with Crippen molar-refractivity contribution in [3.63, 3.8) is 0 Å². The first-order valence-electron chi connectivity index (χ1n) is 4.89. The van der Waals surface area contributed by atoms with Crippen molar-refractivity contribution in [1.82, 2.24) is 0 Å². The molecule has 0 heterocycles. The van der Waals surface area contributed by atoms with Crippen LogP contribution in [-0.4, -0.2) is 11.3 Å². The van der Waals surface area contributed by atoms with E-state index in [1.54, 1.807) is 18.2 Å². The van der Waals surface area contributed by atoms with Crippen LogP contribution in [0.25, 0.3) is 15.7 Å². The molecule has 18 heavy (non-hydrogen) atoms. The summed E-state index contributed by atoms with van der Waals surface area (Å²) in [6.45, 7) is 0. The molecule has 0 bridgehead atoms. The average molecular weight is 264 g/mol. The normalized spacial score (nSPS) is 12.2.